The van der Waals surface area contributed by atoms with E-state index in [4.69, 9.17) is 76.4 Å². The van der Waals surface area contributed by atoms with E-state index in [1.54, 1.807) is 0 Å². The van der Waals surface area contributed by atoms with E-state index >= 15 is 0 Å². The largest absolute Gasteiger partial charge is 0.437 e. The van der Waals surface area contributed by atoms with E-state index in [1.807, 2.05) is 12.1 Å². The molecule has 0 aliphatic rings. The van der Waals surface area contributed by atoms with Crippen molar-refractivity contribution in [2.75, 3.05) is 0 Å². The molecule has 0 unspecified atom stereocenters. The Morgan fingerprint density at radius 2 is 0.614 bits per heavy atom. The fraction of sp³-hybridized carbons (Fsp3) is 0.455. The Hall–Kier alpha value is -1.86. The normalized spacial score (nSPS) is 9.32. The van der Waals surface area contributed by atoms with Crippen molar-refractivity contribution in [2.45, 2.75) is 67.2 Å². The summed E-state index contributed by atoms with van der Waals surface area (Å²) in [5.74, 6) is 0. The molecule has 0 radical (unpaired) electrons. The summed E-state index contributed by atoms with van der Waals surface area (Å²) in [6.07, 6.45) is 0. The van der Waals surface area contributed by atoms with Gasteiger partial charge in [-0.3, -0.25) is 4.70 Å². The average Bonchev–Trinajstić information content (AvgIpc) is 2.99. The Bertz CT molecular complexity index is 724. The molecular formula is C22H43F15O3Si4. The van der Waals surface area contributed by atoms with Crippen molar-refractivity contribution in [1.29, 1.82) is 0 Å². The molecule has 0 atom stereocenters. The zero-order valence-electron chi connectivity index (χ0n) is 23.7. The van der Waals surface area contributed by atoms with Crippen LogP contribution in [0.2, 0.25) is 52.4 Å². The summed E-state index contributed by atoms with van der Waals surface area (Å²) in [6, 6.07) is 21.0. The van der Waals surface area contributed by atoms with Crippen LogP contribution in [0.1, 0.15) is 14.9 Å². The fourth-order valence-corrected chi connectivity index (χ4v) is 20.0. The van der Waals surface area contributed by atoms with Gasteiger partial charge in [-0.2, -0.15) is 0 Å². The van der Waals surface area contributed by atoms with Crippen LogP contribution in [0, 0.1) is 0 Å². The predicted molar refractivity (Wildman–Crippen MR) is 157 cm³/mol. The van der Waals surface area contributed by atoms with Crippen LogP contribution in [-0.2, 0) is 12.3 Å². The molecule has 44 heavy (non-hydrogen) atoms. The summed E-state index contributed by atoms with van der Waals surface area (Å²) < 4.78 is 133. The van der Waals surface area contributed by atoms with E-state index in [-0.39, 0.29) is 19.6 Å². The van der Waals surface area contributed by atoms with Crippen molar-refractivity contribution in [2.24, 2.45) is 0 Å². The van der Waals surface area contributed by atoms with Crippen LogP contribution in [0.5, 0.6) is 0 Å². The van der Waals surface area contributed by atoms with Gasteiger partial charge < -0.3 is 12.3 Å². The maximum Gasteiger partial charge on any atom is 0.388 e. The molecule has 0 aliphatic heterocycles. The van der Waals surface area contributed by atoms with Crippen LogP contribution < -0.4 is 10.4 Å². The Morgan fingerprint density at radius 3 is 0.818 bits per heavy atom. The molecule has 0 saturated heterocycles. The molecule has 2 aromatic carbocycles. The second kappa shape index (κ2) is 39.2. The van der Waals surface area contributed by atoms with E-state index in [0.717, 1.165) is 10.4 Å². The summed E-state index contributed by atoms with van der Waals surface area (Å²) >= 11 is 0. The summed E-state index contributed by atoms with van der Waals surface area (Å²) in [6.45, 7) is 17.7. The van der Waals surface area contributed by atoms with Crippen molar-refractivity contribution >= 4 is 44.1 Å². The maximum atomic E-state index is 8.00. The molecule has 2 aromatic rings. The van der Waals surface area contributed by atoms with Crippen molar-refractivity contribution in [3.63, 3.8) is 0 Å². The van der Waals surface area contributed by atoms with Crippen LogP contribution in [0.4, 0.5) is 68.7 Å². The number of hydrogen-bond acceptors (Lipinski definition) is 3. The first kappa shape index (κ1) is 64.9. The van der Waals surface area contributed by atoms with E-state index in [2.05, 4.69) is 101 Å². The molecular weight excluding hydrogens is 710 g/mol. The standard InChI is InChI=1S/C20H34O3Si4.2CH4.7F2.FH/c1-24(2,3)21-26(7,8)23-27(22-25(4,5)6,19-15-11-9-12-16-19)20-17-13-10-14-18-20;;;7*1-2;/h9-18H,1-8H3;2*1H4;;;;;;;;1H. The smallest absolute Gasteiger partial charge is 0.388 e. The van der Waals surface area contributed by atoms with E-state index in [0.29, 0.717) is 0 Å². The van der Waals surface area contributed by atoms with Crippen molar-refractivity contribution < 1.29 is 81.1 Å². The number of hydrogen-bond donors (Lipinski definition) is 0. The lowest BCUT2D eigenvalue weighted by atomic mass is 10.4. The first-order chi connectivity index (χ1) is 19.3. The zero-order chi connectivity index (χ0) is 34.3. The molecule has 0 heterocycles. The second-order valence-corrected chi connectivity index (χ2v) is 25.4. The van der Waals surface area contributed by atoms with Gasteiger partial charge in [-0.1, -0.05) is 75.5 Å². The molecule has 0 aromatic heterocycles. The first-order valence-electron chi connectivity index (χ1n) is 10.5. The lowest BCUT2D eigenvalue weighted by molar-refractivity contribution is 0.108. The van der Waals surface area contributed by atoms with E-state index < -0.39 is 33.8 Å². The lowest BCUT2D eigenvalue weighted by Crippen LogP contribution is -2.71. The summed E-state index contributed by atoms with van der Waals surface area (Å²) in [4.78, 5) is 0. The van der Waals surface area contributed by atoms with Gasteiger partial charge in [-0.05, 0) is 62.7 Å². The van der Waals surface area contributed by atoms with Gasteiger partial charge in [0, 0.05) is 64.0 Å². The maximum absolute atomic E-state index is 8.00. The average molecular weight is 753 g/mol. The molecule has 270 valence electrons. The highest BCUT2D eigenvalue weighted by molar-refractivity contribution is 7.02. The van der Waals surface area contributed by atoms with Gasteiger partial charge in [-0.15, -0.1) is 0 Å². The van der Waals surface area contributed by atoms with Crippen molar-refractivity contribution in [3.8, 4) is 0 Å². The summed E-state index contributed by atoms with van der Waals surface area (Å²) in [7, 11) is -8.96. The van der Waals surface area contributed by atoms with Crippen molar-refractivity contribution in [1.82, 2.24) is 0 Å². The molecule has 0 spiro atoms. The van der Waals surface area contributed by atoms with Crippen LogP contribution in [0.15, 0.2) is 60.7 Å². The Kier molecular flexibility index (Phi) is 57.8. The SMILES string of the molecule is C.C.C[Si](C)(C)O[Si](C)(C)O[Si](O[Si](C)(C)C)(c1ccccc1)c1ccccc1.F.FF.FF.FF.FF.FF.FF.FF. The monoisotopic (exact) mass is 752 g/mol. The van der Waals surface area contributed by atoms with Gasteiger partial charge in [0.15, 0.2) is 16.6 Å². The summed E-state index contributed by atoms with van der Waals surface area (Å²) in [5, 5.41) is 2.30. The van der Waals surface area contributed by atoms with Gasteiger partial charge in [0.1, 0.15) is 0 Å². The highest BCUT2D eigenvalue weighted by Gasteiger charge is 2.51. The van der Waals surface area contributed by atoms with Crippen LogP contribution in [0.3, 0.4) is 0 Å². The number of benzene rings is 2. The minimum absolute atomic E-state index is 0. The van der Waals surface area contributed by atoms with E-state index in [9.17, 15) is 0 Å². The number of rotatable bonds is 8. The molecule has 0 bridgehead atoms. The predicted octanol–water partition coefficient (Wildman–Crippen LogP) is 12.0. The Labute approximate surface area is 253 Å². The van der Waals surface area contributed by atoms with Crippen LogP contribution in [0.25, 0.3) is 0 Å². The zero-order valence-corrected chi connectivity index (χ0v) is 27.7. The molecule has 0 aliphatic carbocycles. The minimum Gasteiger partial charge on any atom is -0.437 e. The Morgan fingerprint density at radius 1 is 0.386 bits per heavy atom. The molecule has 3 nitrogen and oxygen atoms in total. The molecule has 2 rings (SSSR count). The third-order valence-corrected chi connectivity index (χ3v) is 17.0. The second-order valence-electron chi connectivity index (χ2n) is 9.28. The fourth-order valence-electron chi connectivity index (χ4n) is 3.27. The number of halogens is 15. The quantitative estimate of drug-likeness (QED) is 0.199. The van der Waals surface area contributed by atoms with Gasteiger partial charge >= 0.3 is 17.1 Å². The highest BCUT2D eigenvalue weighted by Crippen LogP contribution is 2.24. The van der Waals surface area contributed by atoms with Gasteiger partial charge in [0.2, 0.25) is 0 Å². The molecule has 0 fully saturated rings. The molecule has 0 amide bonds. The van der Waals surface area contributed by atoms with Crippen LogP contribution >= 0.6 is 0 Å². The molecule has 0 saturated carbocycles. The third kappa shape index (κ3) is 31.6. The first-order valence-corrected chi connectivity index (χ1v) is 22.0. The Balaban J connectivity index is -0.0000000907. The van der Waals surface area contributed by atoms with Gasteiger partial charge in [-0.25, -0.2) is 0 Å². The van der Waals surface area contributed by atoms with Gasteiger partial charge in [0.05, 0.1) is 0 Å². The van der Waals surface area contributed by atoms with Gasteiger partial charge in [0.25, 0.3) is 0 Å². The molecule has 22 heteroatoms. The van der Waals surface area contributed by atoms with E-state index in [1.165, 1.54) is 0 Å². The topological polar surface area (TPSA) is 27.7 Å². The highest BCUT2D eigenvalue weighted by atomic mass is 28.5. The lowest BCUT2D eigenvalue weighted by Gasteiger charge is -2.43. The molecule has 0 N–H and O–H groups in total. The van der Waals surface area contributed by atoms with Crippen molar-refractivity contribution in [3.05, 3.63) is 60.7 Å². The van der Waals surface area contributed by atoms with Crippen LogP contribution in [-0.4, -0.2) is 33.8 Å². The minimum atomic E-state index is -2.90. The third-order valence-electron chi connectivity index (χ3n) is 3.70. The summed E-state index contributed by atoms with van der Waals surface area (Å²) in [5.41, 5.74) is 0.